The van der Waals surface area contributed by atoms with Gasteiger partial charge in [-0.3, -0.25) is 4.79 Å². The Bertz CT molecular complexity index is 914. The van der Waals surface area contributed by atoms with Gasteiger partial charge >= 0.3 is 12.1 Å². The summed E-state index contributed by atoms with van der Waals surface area (Å²) in [6.45, 7) is 8.09. The van der Waals surface area contributed by atoms with E-state index in [1.165, 1.54) is 11.3 Å². The quantitative estimate of drug-likeness (QED) is 0.509. The molecule has 2 heterocycles. The summed E-state index contributed by atoms with van der Waals surface area (Å²) in [6, 6.07) is 8.35. The van der Waals surface area contributed by atoms with E-state index in [1.807, 2.05) is 40.1 Å². The van der Waals surface area contributed by atoms with Gasteiger partial charge in [-0.05, 0) is 65.0 Å². The maximum atomic E-state index is 12.6. The summed E-state index contributed by atoms with van der Waals surface area (Å²) >= 11 is 0. The van der Waals surface area contributed by atoms with Gasteiger partial charge in [-0.15, -0.1) is 0 Å². The number of hydrogen-bond donors (Lipinski definition) is 1. The van der Waals surface area contributed by atoms with Gasteiger partial charge < -0.3 is 19.4 Å². The Morgan fingerprint density at radius 2 is 2.00 bits per heavy atom. The second-order valence-electron chi connectivity index (χ2n) is 8.86. The van der Waals surface area contributed by atoms with Crippen molar-refractivity contribution < 1.29 is 19.1 Å². The minimum absolute atomic E-state index is 0.210. The highest BCUT2D eigenvalue weighted by Crippen LogP contribution is 2.28. The molecule has 7 nitrogen and oxygen atoms in total. The molecule has 1 amide bonds. The Kier molecular flexibility index (Phi) is 7.36. The SMILES string of the molecule is CCOC(=O)[C@@H](CCCNC(=O)OC(C)(C)C)Cc1ncn2c1CCc1ccccc1-2. The van der Waals surface area contributed by atoms with Crippen LogP contribution in [0.1, 0.15) is 57.5 Å². The first kappa shape index (κ1) is 22.8. The van der Waals surface area contributed by atoms with Crippen LogP contribution in [0.4, 0.5) is 4.79 Å². The normalized spacial score (nSPS) is 13.7. The van der Waals surface area contributed by atoms with Gasteiger partial charge in [0.05, 0.1) is 24.5 Å². The van der Waals surface area contributed by atoms with Crippen LogP contribution < -0.4 is 5.32 Å². The van der Waals surface area contributed by atoms with Crippen molar-refractivity contribution in [2.24, 2.45) is 5.92 Å². The smallest absolute Gasteiger partial charge is 0.407 e. The Morgan fingerprint density at radius 1 is 1.23 bits per heavy atom. The molecule has 0 bridgehead atoms. The molecule has 168 valence electrons. The van der Waals surface area contributed by atoms with Crippen molar-refractivity contribution in [2.75, 3.05) is 13.2 Å². The van der Waals surface area contributed by atoms with Crippen LogP contribution in [0.15, 0.2) is 30.6 Å². The predicted molar refractivity (Wildman–Crippen MR) is 118 cm³/mol. The number of imidazole rings is 1. The first-order chi connectivity index (χ1) is 14.8. The highest BCUT2D eigenvalue weighted by Gasteiger charge is 2.26. The Balaban J connectivity index is 1.63. The summed E-state index contributed by atoms with van der Waals surface area (Å²) in [4.78, 5) is 29.0. The highest BCUT2D eigenvalue weighted by atomic mass is 16.6. The number of rotatable bonds is 8. The van der Waals surface area contributed by atoms with Gasteiger partial charge in [0.1, 0.15) is 5.60 Å². The molecule has 0 fully saturated rings. The van der Waals surface area contributed by atoms with Crippen LogP contribution in [0, 0.1) is 5.92 Å². The molecule has 0 saturated carbocycles. The van der Waals surface area contributed by atoms with Crippen molar-refractivity contribution in [3.05, 3.63) is 47.5 Å². The maximum Gasteiger partial charge on any atom is 0.407 e. The van der Waals surface area contributed by atoms with Crippen molar-refractivity contribution in [3.8, 4) is 5.69 Å². The number of carbonyl (C=O) groups excluding carboxylic acids is 2. The maximum absolute atomic E-state index is 12.6. The van der Waals surface area contributed by atoms with Crippen LogP contribution in [0.2, 0.25) is 0 Å². The summed E-state index contributed by atoms with van der Waals surface area (Å²) < 4.78 is 12.7. The number of esters is 1. The van der Waals surface area contributed by atoms with Crippen LogP contribution in [0.3, 0.4) is 0 Å². The lowest BCUT2D eigenvalue weighted by molar-refractivity contribution is -0.148. The molecule has 1 aliphatic heterocycles. The topological polar surface area (TPSA) is 82.4 Å². The molecule has 1 N–H and O–H groups in total. The summed E-state index contributed by atoms with van der Waals surface area (Å²) in [5, 5.41) is 2.75. The van der Waals surface area contributed by atoms with Gasteiger partial charge in [-0.2, -0.15) is 0 Å². The number of carbonyl (C=O) groups is 2. The second kappa shape index (κ2) is 9.98. The van der Waals surface area contributed by atoms with Gasteiger partial charge in [-0.25, -0.2) is 9.78 Å². The lowest BCUT2D eigenvalue weighted by atomic mass is 9.94. The van der Waals surface area contributed by atoms with E-state index >= 15 is 0 Å². The number of ether oxygens (including phenoxy) is 2. The number of aromatic nitrogens is 2. The molecule has 1 aliphatic rings. The minimum atomic E-state index is -0.531. The fourth-order valence-electron chi connectivity index (χ4n) is 3.91. The van der Waals surface area contributed by atoms with Crippen molar-refractivity contribution in [2.45, 2.75) is 65.4 Å². The average Bonchev–Trinajstić information content (AvgIpc) is 3.12. The number of nitrogens with one attached hydrogen (secondary N) is 1. The van der Waals surface area contributed by atoms with Crippen LogP contribution in [-0.2, 0) is 33.5 Å². The lowest BCUT2D eigenvalue weighted by Crippen LogP contribution is -2.33. The molecule has 0 aliphatic carbocycles. The second-order valence-corrected chi connectivity index (χ2v) is 8.86. The van der Waals surface area contributed by atoms with Crippen molar-refractivity contribution in [1.29, 1.82) is 0 Å². The van der Waals surface area contributed by atoms with Crippen LogP contribution in [-0.4, -0.2) is 40.4 Å². The molecule has 1 aromatic heterocycles. The minimum Gasteiger partial charge on any atom is -0.466 e. The Labute approximate surface area is 184 Å². The van der Waals surface area contributed by atoms with Gasteiger partial charge in [0, 0.05) is 24.3 Å². The highest BCUT2D eigenvalue weighted by molar-refractivity contribution is 5.73. The fourth-order valence-corrected chi connectivity index (χ4v) is 3.91. The van der Waals surface area contributed by atoms with E-state index in [2.05, 4.69) is 33.1 Å². The third-order valence-electron chi connectivity index (χ3n) is 5.29. The monoisotopic (exact) mass is 427 g/mol. The third kappa shape index (κ3) is 6.09. The van der Waals surface area contributed by atoms with Gasteiger partial charge in [-0.1, -0.05) is 18.2 Å². The molecule has 0 unspecified atom stereocenters. The van der Waals surface area contributed by atoms with E-state index in [-0.39, 0.29) is 11.9 Å². The van der Waals surface area contributed by atoms with Crippen LogP contribution in [0.5, 0.6) is 0 Å². The zero-order valence-electron chi connectivity index (χ0n) is 18.9. The first-order valence-electron chi connectivity index (χ1n) is 11.1. The Hall–Kier alpha value is -2.83. The zero-order valence-corrected chi connectivity index (χ0v) is 18.9. The standard InChI is InChI=1S/C24H33N3O4/c1-5-30-22(28)18(10-8-14-25-23(29)31-24(2,3)4)15-19-21-13-12-17-9-6-7-11-20(17)27(21)16-26-19/h6-7,9,11,16,18H,5,8,10,12-15H2,1-4H3,(H,25,29)/t18-/m0/s1. The van der Waals surface area contributed by atoms with Crippen LogP contribution in [0.25, 0.3) is 5.69 Å². The number of nitrogens with zero attached hydrogens (tertiary/aromatic N) is 2. The number of fused-ring (bicyclic) bond motifs is 3. The average molecular weight is 428 g/mol. The molecular weight excluding hydrogens is 394 g/mol. The number of para-hydroxylation sites is 1. The number of aryl methyl sites for hydroxylation is 1. The number of amides is 1. The molecule has 1 aromatic carbocycles. The van der Waals surface area contributed by atoms with Crippen molar-refractivity contribution >= 4 is 12.1 Å². The van der Waals surface area contributed by atoms with Gasteiger partial charge in [0.2, 0.25) is 0 Å². The van der Waals surface area contributed by atoms with Crippen LogP contribution >= 0.6 is 0 Å². The van der Waals surface area contributed by atoms with E-state index in [9.17, 15) is 9.59 Å². The predicted octanol–water partition coefficient (Wildman–Crippen LogP) is 4.00. The first-order valence-corrected chi connectivity index (χ1v) is 11.1. The van der Waals surface area contributed by atoms with E-state index < -0.39 is 11.7 Å². The van der Waals surface area contributed by atoms with E-state index in [0.717, 1.165) is 24.2 Å². The molecule has 1 atom stereocenters. The van der Waals surface area contributed by atoms with E-state index in [0.29, 0.717) is 32.4 Å². The molecule has 0 saturated heterocycles. The molecule has 0 spiro atoms. The number of hydrogen-bond acceptors (Lipinski definition) is 5. The summed E-state index contributed by atoms with van der Waals surface area (Å²) in [5.41, 5.74) is 4.06. The fraction of sp³-hybridized carbons (Fsp3) is 0.542. The molecular formula is C24H33N3O4. The van der Waals surface area contributed by atoms with E-state index in [1.54, 1.807) is 0 Å². The zero-order chi connectivity index (χ0) is 22.4. The molecule has 7 heteroatoms. The lowest BCUT2D eigenvalue weighted by Gasteiger charge is -2.21. The summed E-state index contributed by atoms with van der Waals surface area (Å²) in [5.74, 6) is -0.505. The largest absolute Gasteiger partial charge is 0.466 e. The summed E-state index contributed by atoms with van der Waals surface area (Å²) in [6.07, 6.45) is 5.09. The third-order valence-corrected chi connectivity index (χ3v) is 5.29. The summed E-state index contributed by atoms with van der Waals surface area (Å²) in [7, 11) is 0. The Morgan fingerprint density at radius 3 is 2.74 bits per heavy atom. The molecule has 3 rings (SSSR count). The van der Waals surface area contributed by atoms with Gasteiger partial charge in [0.15, 0.2) is 0 Å². The van der Waals surface area contributed by atoms with Gasteiger partial charge in [0.25, 0.3) is 0 Å². The van der Waals surface area contributed by atoms with Crippen molar-refractivity contribution in [1.82, 2.24) is 14.9 Å². The van der Waals surface area contributed by atoms with Crippen molar-refractivity contribution in [3.63, 3.8) is 0 Å². The molecule has 0 radical (unpaired) electrons. The molecule has 2 aromatic rings. The molecule has 31 heavy (non-hydrogen) atoms. The van der Waals surface area contributed by atoms with E-state index in [4.69, 9.17) is 9.47 Å². The number of benzene rings is 1. The number of alkyl carbamates (subject to hydrolysis) is 1.